The second-order valence-electron chi connectivity index (χ2n) is 7.94. The highest BCUT2D eigenvalue weighted by atomic mass is 35.5. The van der Waals surface area contributed by atoms with Crippen LogP contribution < -0.4 is 15.4 Å². The van der Waals surface area contributed by atoms with Crippen molar-refractivity contribution in [1.29, 1.82) is 5.41 Å². The van der Waals surface area contributed by atoms with Crippen LogP contribution in [-0.2, 0) is 9.84 Å². The monoisotopic (exact) mass is 519 g/mol. The van der Waals surface area contributed by atoms with Crippen LogP contribution in [0.4, 0.5) is 11.5 Å². The van der Waals surface area contributed by atoms with Gasteiger partial charge in [0.2, 0.25) is 0 Å². The summed E-state index contributed by atoms with van der Waals surface area (Å²) in [6, 6.07) is 8.66. The molecule has 1 fully saturated rings. The number of nitrogen functional groups attached to an aromatic ring is 1. The zero-order valence-electron chi connectivity index (χ0n) is 18.3. The van der Waals surface area contributed by atoms with Gasteiger partial charge in [-0.15, -0.1) is 0 Å². The molecule has 2 aromatic heterocycles. The first-order valence-electron chi connectivity index (χ1n) is 10.5. The third kappa shape index (κ3) is 5.27. The Kier molecular flexibility index (Phi) is 6.97. The first-order valence-corrected chi connectivity index (χ1v) is 13.1. The molecule has 0 unspecified atom stereocenters. The smallest absolute Gasteiger partial charge is 0.153 e. The lowest BCUT2D eigenvalue weighted by Crippen LogP contribution is -2.40. The molecule has 11 heteroatoms. The lowest BCUT2D eigenvalue weighted by molar-refractivity contribution is 0.227. The maximum atomic E-state index is 11.7. The average molecular weight is 520 g/mol. The quantitative estimate of drug-likeness (QED) is 0.370. The number of nitrogens with one attached hydrogen (secondary N) is 1. The van der Waals surface area contributed by atoms with E-state index in [1.165, 1.54) is 12.4 Å². The Morgan fingerprint density at radius 2 is 1.79 bits per heavy atom. The first kappa shape index (κ1) is 24.3. The molecule has 0 aliphatic carbocycles. The van der Waals surface area contributed by atoms with Crippen molar-refractivity contribution in [1.82, 2.24) is 9.97 Å². The van der Waals surface area contributed by atoms with Crippen LogP contribution in [-0.4, -0.2) is 48.7 Å². The zero-order valence-corrected chi connectivity index (χ0v) is 20.7. The third-order valence-corrected chi connectivity index (χ3v) is 7.82. The highest BCUT2D eigenvalue weighted by molar-refractivity contribution is 7.91. The van der Waals surface area contributed by atoms with E-state index in [1.54, 1.807) is 36.5 Å². The van der Waals surface area contributed by atoms with Gasteiger partial charge < -0.3 is 15.4 Å². The van der Waals surface area contributed by atoms with Crippen molar-refractivity contribution in [2.24, 2.45) is 0 Å². The molecular formula is C23H23Cl2N5O3S. The van der Waals surface area contributed by atoms with Gasteiger partial charge >= 0.3 is 0 Å². The molecule has 0 bridgehead atoms. The number of halogens is 2. The number of pyridine rings is 2. The van der Waals surface area contributed by atoms with Crippen LogP contribution >= 0.6 is 23.2 Å². The molecule has 1 aliphatic heterocycles. The van der Waals surface area contributed by atoms with Gasteiger partial charge in [0.15, 0.2) is 9.84 Å². The average Bonchev–Trinajstić information content (AvgIpc) is 2.80. The Hall–Kier alpha value is -2.88. The molecule has 3 N–H and O–H groups in total. The minimum absolute atomic E-state index is 0.115. The molecule has 4 rings (SSSR count). The summed E-state index contributed by atoms with van der Waals surface area (Å²) in [5.41, 5.74) is 8.47. The van der Waals surface area contributed by atoms with Crippen LogP contribution in [0, 0.1) is 5.41 Å². The van der Waals surface area contributed by atoms with Gasteiger partial charge in [-0.05, 0) is 37.3 Å². The third-order valence-electron chi connectivity index (χ3n) is 5.61. The van der Waals surface area contributed by atoms with Gasteiger partial charge in [0.1, 0.15) is 17.7 Å². The van der Waals surface area contributed by atoms with Crippen LogP contribution in [0.15, 0.2) is 48.9 Å². The molecule has 178 valence electrons. The molecule has 0 spiro atoms. The highest BCUT2D eigenvalue weighted by Gasteiger charge is 2.23. The number of ether oxygens (including phenoxy) is 1. The van der Waals surface area contributed by atoms with Crippen molar-refractivity contribution in [3.05, 3.63) is 75.7 Å². The van der Waals surface area contributed by atoms with Crippen LogP contribution in [0.2, 0.25) is 10.0 Å². The number of nitrogens with two attached hydrogens (primary N) is 1. The van der Waals surface area contributed by atoms with E-state index in [1.807, 2.05) is 11.8 Å². The second kappa shape index (κ2) is 9.77. The molecule has 3 heterocycles. The summed E-state index contributed by atoms with van der Waals surface area (Å²) < 4.78 is 29.3. The second-order valence-corrected chi connectivity index (χ2v) is 11.1. The summed E-state index contributed by atoms with van der Waals surface area (Å²) >= 11 is 12.5. The summed E-state index contributed by atoms with van der Waals surface area (Å²) in [7, 11) is -2.97. The van der Waals surface area contributed by atoms with Crippen LogP contribution in [0.5, 0.6) is 5.75 Å². The summed E-state index contributed by atoms with van der Waals surface area (Å²) in [6.45, 7) is 2.63. The summed E-state index contributed by atoms with van der Waals surface area (Å²) in [5, 5.41) is 9.48. The number of aromatic nitrogens is 2. The molecule has 0 amide bonds. The maximum absolute atomic E-state index is 11.7. The predicted octanol–water partition coefficient (Wildman–Crippen LogP) is 4.16. The van der Waals surface area contributed by atoms with Crippen molar-refractivity contribution < 1.29 is 13.2 Å². The number of sulfone groups is 1. The summed E-state index contributed by atoms with van der Waals surface area (Å²) in [5.74, 6) is 1.41. The Balaban J connectivity index is 1.52. The molecule has 1 aliphatic rings. The number of rotatable bonds is 6. The first-order chi connectivity index (χ1) is 16.1. The van der Waals surface area contributed by atoms with E-state index in [0.29, 0.717) is 57.1 Å². The standard InChI is InChI=1S/C23H23Cl2N5O3S/c1-14(22-18(24)12-28-13-19(22)25)33-16-3-4-20(26)17(10-16)23(27)15-2-5-21(29-11-15)30-6-8-34(31,32)9-7-30/h2-5,10-14,27H,6-9,26H2,1H3/t14-/m1/s1. The molecule has 0 radical (unpaired) electrons. The lowest BCUT2D eigenvalue weighted by atomic mass is 10.0. The molecule has 1 aromatic carbocycles. The van der Waals surface area contributed by atoms with Crippen molar-refractivity contribution in [2.45, 2.75) is 13.0 Å². The number of nitrogens with zero attached hydrogens (tertiary/aromatic N) is 3. The predicted molar refractivity (Wildman–Crippen MR) is 135 cm³/mol. The van der Waals surface area contributed by atoms with E-state index in [9.17, 15) is 8.42 Å². The van der Waals surface area contributed by atoms with Gasteiger partial charge in [-0.1, -0.05) is 23.2 Å². The largest absolute Gasteiger partial charge is 0.486 e. The van der Waals surface area contributed by atoms with Gasteiger partial charge in [0.25, 0.3) is 0 Å². The topological polar surface area (TPSA) is 122 Å². The van der Waals surface area contributed by atoms with Crippen LogP contribution in [0.25, 0.3) is 0 Å². The fourth-order valence-electron chi connectivity index (χ4n) is 3.72. The van der Waals surface area contributed by atoms with Gasteiger partial charge in [-0.3, -0.25) is 10.4 Å². The SMILES string of the molecule is C[C@@H](Oc1ccc(N)c(C(=N)c2ccc(N3CCS(=O)(=O)CC3)nc2)c1)c1c(Cl)cncc1Cl. The lowest BCUT2D eigenvalue weighted by Gasteiger charge is -2.27. The number of hydrogen-bond donors (Lipinski definition) is 2. The van der Waals surface area contributed by atoms with Gasteiger partial charge in [0, 0.05) is 54.1 Å². The van der Waals surface area contributed by atoms with E-state index >= 15 is 0 Å². The van der Waals surface area contributed by atoms with Crippen molar-refractivity contribution >= 4 is 50.3 Å². The molecule has 8 nitrogen and oxygen atoms in total. The van der Waals surface area contributed by atoms with Crippen LogP contribution in [0.3, 0.4) is 0 Å². The van der Waals surface area contributed by atoms with Crippen molar-refractivity contribution in [2.75, 3.05) is 35.2 Å². The van der Waals surface area contributed by atoms with Gasteiger partial charge in [0.05, 0.1) is 27.3 Å². The Bertz CT molecular complexity index is 1300. The Morgan fingerprint density at radius 1 is 1.12 bits per heavy atom. The molecular weight excluding hydrogens is 497 g/mol. The fraction of sp³-hybridized carbons (Fsp3) is 0.261. The van der Waals surface area contributed by atoms with Crippen molar-refractivity contribution in [3.63, 3.8) is 0 Å². The number of benzene rings is 1. The Morgan fingerprint density at radius 3 is 2.41 bits per heavy atom. The van der Waals surface area contributed by atoms with Gasteiger partial charge in [-0.2, -0.15) is 0 Å². The highest BCUT2D eigenvalue weighted by Crippen LogP contribution is 2.33. The minimum atomic E-state index is -2.97. The van der Waals surface area contributed by atoms with Gasteiger partial charge in [-0.25, -0.2) is 13.4 Å². The van der Waals surface area contributed by atoms with E-state index in [0.717, 1.165) is 0 Å². The maximum Gasteiger partial charge on any atom is 0.153 e. The van der Waals surface area contributed by atoms with E-state index in [-0.39, 0.29) is 17.2 Å². The fourth-order valence-corrected chi connectivity index (χ4v) is 5.59. The minimum Gasteiger partial charge on any atom is -0.486 e. The number of hydrogen-bond acceptors (Lipinski definition) is 8. The molecule has 1 saturated heterocycles. The Labute approximate surface area is 208 Å². The summed E-state index contributed by atoms with van der Waals surface area (Å²) in [4.78, 5) is 10.3. The zero-order chi connectivity index (χ0) is 24.5. The number of anilines is 2. The molecule has 0 saturated carbocycles. The summed E-state index contributed by atoms with van der Waals surface area (Å²) in [6.07, 6.45) is 4.15. The van der Waals surface area contributed by atoms with E-state index < -0.39 is 15.9 Å². The molecule has 1 atom stereocenters. The van der Waals surface area contributed by atoms with Crippen molar-refractivity contribution in [3.8, 4) is 5.75 Å². The van der Waals surface area contributed by atoms with Crippen LogP contribution in [0.1, 0.15) is 29.7 Å². The van der Waals surface area contributed by atoms with E-state index in [2.05, 4.69) is 9.97 Å². The molecule has 34 heavy (non-hydrogen) atoms. The van der Waals surface area contributed by atoms with E-state index in [4.69, 9.17) is 39.1 Å². The molecule has 3 aromatic rings. The normalized spacial score (nSPS) is 16.1.